The van der Waals surface area contributed by atoms with Crippen molar-refractivity contribution in [2.45, 2.75) is 33.2 Å². The van der Waals surface area contributed by atoms with E-state index >= 15 is 0 Å². The maximum absolute atomic E-state index is 13.8. The van der Waals surface area contributed by atoms with Crippen LogP contribution >= 0.6 is 0 Å². The number of carbonyl (C=O) groups is 1. The number of hydrogen-bond donors (Lipinski definition) is 1. The van der Waals surface area contributed by atoms with E-state index in [9.17, 15) is 9.59 Å². The molecule has 3 heterocycles. The van der Waals surface area contributed by atoms with E-state index in [0.717, 1.165) is 61.7 Å². The monoisotopic (exact) mass is 477 g/mol. The van der Waals surface area contributed by atoms with Gasteiger partial charge in [0.15, 0.2) is 5.43 Å². The van der Waals surface area contributed by atoms with Crippen LogP contribution in [0.5, 0.6) is 5.75 Å². The van der Waals surface area contributed by atoms with Gasteiger partial charge in [0, 0.05) is 13.0 Å². The maximum atomic E-state index is 13.8. The fourth-order valence-electron chi connectivity index (χ4n) is 5.18. The molecule has 1 N–H and O–H groups in total. The molecule has 0 saturated carbocycles. The third-order valence-corrected chi connectivity index (χ3v) is 7.22. The van der Waals surface area contributed by atoms with E-state index in [1.54, 1.807) is 0 Å². The third kappa shape index (κ3) is 4.46. The van der Waals surface area contributed by atoms with Crippen LogP contribution in [0.3, 0.4) is 0 Å². The van der Waals surface area contributed by atoms with E-state index in [0.29, 0.717) is 29.7 Å². The topological polar surface area (TPSA) is 73.4 Å². The molecule has 2 aliphatic rings. The number of amides is 1. The summed E-state index contributed by atoms with van der Waals surface area (Å²) in [5.74, 6) is 0.719. The predicted octanol–water partition coefficient (Wildman–Crippen LogP) is 2.66. The second-order valence-corrected chi connectivity index (χ2v) is 9.48. The van der Waals surface area contributed by atoms with Crippen LogP contribution in [-0.2, 0) is 4.74 Å². The normalized spacial score (nSPS) is 18.3. The van der Waals surface area contributed by atoms with Crippen molar-refractivity contribution in [3.63, 3.8) is 0 Å². The molecule has 1 fully saturated rings. The minimum atomic E-state index is -0.477. The lowest BCUT2D eigenvalue weighted by molar-refractivity contribution is -0.908. The molecule has 1 saturated heterocycles. The molecule has 7 nitrogen and oxygen atoms in total. The number of quaternary nitrogens is 1. The Kier molecular flexibility index (Phi) is 6.62. The van der Waals surface area contributed by atoms with Crippen LogP contribution in [0.25, 0.3) is 11.0 Å². The zero-order chi connectivity index (χ0) is 24.5. The Morgan fingerprint density at radius 1 is 1.06 bits per heavy atom. The average Bonchev–Trinajstić information content (AvgIpc) is 3.14. The molecule has 7 heteroatoms. The highest BCUT2D eigenvalue weighted by atomic mass is 16.5. The van der Waals surface area contributed by atoms with E-state index in [-0.39, 0.29) is 17.1 Å². The lowest BCUT2D eigenvalue weighted by Gasteiger charge is -2.27. The zero-order valence-corrected chi connectivity index (χ0v) is 20.7. The average molecular weight is 478 g/mol. The van der Waals surface area contributed by atoms with Crippen molar-refractivity contribution >= 4 is 16.9 Å². The Hall–Kier alpha value is -3.16. The molecular formula is C28H33N2O5+. The molecule has 0 unspecified atom stereocenters. The largest absolute Gasteiger partial charge is 0.494 e. The highest BCUT2D eigenvalue weighted by Crippen LogP contribution is 2.38. The lowest BCUT2D eigenvalue weighted by Crippen LogP contribution is -3.14. The first-order valence-corrected chi connectivity index (χ1v) is 12.5. The van der Waals surface area contributed by atoms with Crippen LogP contribution in [0.4, 0.5) is 0 Å². The summed E-state index contributed by atoms with van der Waals surface area (Å²) in [4.78, 5) is 30.7. The van der Waals surface area contributed by atoms with E-state index < -0.39 is 6.04 Å². The standard InChI is InChI=1S/C28H32N2O5/c1-4-34-21-8-6-20(7-9-21)25-24-26(31)22-16-18(2)19(3)17-23(22)35-27(24)28(32)30(25)11-5-10-29-12-14-33-15-13-29/h6-9,16-17,25H,4-5,10-15H2,1-3H3/p+1/t25-/m1/s1. The van der Waals surface area contributed by atoms with Crippen molar-refractivity contribution in [1.82, 2.24) is 4.90 Å². The van der Waals surface area contributed by atoms with Gasteiger partial charge in [-0.15, -0.1) is 0 Å². The maximum Gasteiger partial charge on any atom is 0.290 e. The van der Waals surface area contributed by atoms with Crippen molar-refractivity contribution in [1.29, 1.82) is 0 Å². The number of benzene rings is 2. The van der Waals surface area contributed by atoms with Crippen molar-refractivity contribution in [3.05, 3.63) is 74.6 Å². The minimum Gasteiger partial charge on any atom is -0.494 e. The number of nitrogens with zero attached hydrogens (tertiary/aromatic N) is 1. The van der Waals surface area contributed by atoms with Crippen LogP contribution in [0.15, 0.2) is 45.6 Å². The van der Waals surface area contributed by atoms with Crippen LogP contribution in [-0.4, -0.2) is 56.8 Å². The zero-order valence-electron chi connectivity index (χ0n) is 20.7. The van der Waals surface area contributed by atoms with E-state index in [2.05, 4.69) is 0 Å². The number of carbonyl (C=O) groups excluding carboxylic acids is 1. The van der Waals surface area contributed by atoms with E-state index in [4.69, 9.17) is 13.9 Å². The Labute approximate surface area is 205 Å². The number of ether oxygens (including phenoxy) is 2. The molecular weight excluding hydrogens is 444 g/mol. The predicted molar refractivity (Wildman–Crippen MR) is 133 cm³/mol. The Morgan fingerprint density at radius 2 is 1.77 bits per heavy atom. The Bertz CT molecular complexity index is 1290. The first-order valence-electron chi connectivity index (χ1n) is 12.5. The van der Waals surface area contributed by atoms with Gasteiger partial charge >= 0.3 is 0 Å². The van der Waals surface area contributed by atoms with Crippen LogP contribution in [0.2, 0.25) is 0 Å². The number of aryl methyl sites for hydroxylation is 2. The molecule has 0 aliphatic carbocycles. The van der Waals surface area contributed by atoms with Crippen molar-refractivity contribution in [2.75, 3.05) is 46.0 Å². The van der Waals surface area contributed by atoms with Crippen molar-refractivity contribution in [3.8, 4) is 5.75 Å². The second-order valence-electron chi connectivity index (χ2n) is 9.48. The smallest absolute Gasteiger partial charge is 0.290 e. The highest BCUT2D eigenvalue weighted by Gasteiger charge is 2.42. The second kappa shape index (κ2) is 9.84. The summed E-state index contributed by atoms with van der Waals surface area (Å²) in [6.45, 7) is 11.5. The van der Waals surface area contributed by atoms with Crippen LogP contribution in [0, 0.1) is 13.8 Å². The summed E-state index contributed by atoms with van der Waals surface area (Å²) in [7, 11) is 0. The van der Waals surface area contributed by atoms with Gasteiger partial charge in [-0.1, -0.05) is 12.1 Å². The van der Waals surface area contributed by atoms with Crippen LogP contribution in [0.1, 0.15) is 52.2 Å². The van der Waals surface area contributed by atoms with Gasteiger partial charge in [-0.2, -0.15) is 0 Å². The summed E-state index contributed by atoms with van der Waals surface area (Å²) >= 11 is 0. The van der Waals surface area contributed by atoms with E-state index in [1.807, 2.05) is 62.1 Å². The summed E-state index contributed by atoms with van der Waals surface area (Å²) in [6.07, 6.45) is 0.842. The number of rotatable bonds is 7. The first-order chi connectivity index (χ1) is 17.0. The molecule has 0 spiro atoms. The Morgan fingerprint density at radius 3 is 2.49 bits per heavy atom. The quantitative estimate of drug-likeness (QED) is 0.567. The van der Waals surface area contributed by atoms with Gasteiger partial charge in [0.1, 0.15) is 24.4 Å². The van der Waals surface area contributed by atoms with Crippen molar-refractivity contribution in [2.24, 2.45) is 0 Å². The van der Waals surface area contributed by atoms with Crippen molar-refractivity contribution < 1.29 is 23.6 Å². The fourth-order valence-corrected chi connectivity index (χ4v) is 5.18. The molecule has 0 radical (unpaired) electrons. The highest BCUT2D eigenvalue weighted by molar-refractivity contribution is 5.99. The van der Waals surface area contributed by atoms with E-state index in [1.165, 1.54) is 4.90 Å². The third-order valence-electron chi connectivity index (χ3n) is 7.22. The fraction of sp³-hybridized carbons (Fsp3) is 0.429. The van der Waals surface area contributed by atoms with Gasteiger partial charge in [0.05, 0.1) is 43.4 Å². The molecule has 0 bridgehead atoms. The molecule has 35 heavy (non-hydrogen) atoms. The van der Waals surface area contributed by atoms with Gasteiger partial charge in [0.25, 0.3) is 5.91 Å². The van der Waals surface area contributed by atoms with Gasteiger partial charge < -0.3 is 23.7 Å². The molecule has 1 aromatic heterocycles. The van der Waals surface area contributed by atoms with Gasteiger partial charge in [-0.3, -0.25) is 9.59 Å². The number of fused-ring (bicyclic) bond motifs is 2. The molecule has 184 valence electrons. The number of nitrogens with one attached hydrogen (secondary N) is 1. The molecule has 3 aromatic rings. The minimum absolute atomic E-state index is 0.127. The van der Waals surface area contributed by atoms with Gasteiger partial charge in [-0.25, -0.2) is 0 Å². The summed E-state index contributed by atoms with van der Waals surface area (Å²) < 4.78 is 17.2. The Balaban J connectivity index is 1.54. The SMILES string of the molecule is CCOc1ccc([C@@H]2c3c(oc4cc(C)c(C)cc4c3=O)C(=O)N2CCC[NH+]2CCOCC2)cc1. The molecule has 1 amide bonds. The molecule has 2 aliphatic heterocycles. The van der Waals surface area contributed by atoms with Gasteiger partial charge in [0.2, 0.25) is 5.76 Å². The molecule has 5 rings (SSSR count). The summed E-state index contributed by atoms with van der Waals surface area (Å²) in [6, 6.07) is 10.9. The molecule has 1 atom stereocenters. The number of morpholine rings is 1. The van der Waals surface area contributed by atoms with Crippen LogP contribution < -0.4 is 15.1 Å². The summed E-state index contributed by atoms with van der Waals surface area (Å²) in [5, 5.41) is 0.523. The lowest BCUT2D eigenvalue weighted by atomic mass is 9.97. The first kappa shape index (κ1) is 23.6. The van der Waals surface area contributed by atoms with Gasteiger partial charge in [-0.05, 0) is 61.7 Å². The number of hydrogen-bond acceptors (Lipinski definition) is 5. The molecule has 2 aromatic carbocycles. The summed E-state index contributed by atoms with van der Waals surface area (Å²) in [5.41, 5.74) is 3.72.